The third-order valence-corrected chi connectivity index (χ3v) is 0.984. The van der Waals surface area contributed by atoms with E-state index in [1.807, 2.05) is 0 Å². The van der Waals surface area contributed by atoms with Gasteiger partial charge in [0.1, 0.15) is 0 Å². The fourth-order valence-electron chi connectivity index (χ4n) is 0.0802. The van der Waals surface area contributed by atoms with Gasteiger partial charge in [0, 0.05) is 7.11 Å². The Balaban J connectivity index is 3.91. The lowest BCUT2D eigenvalue weighted by Gasteiger charge is -2.14. The Morgan fingerprint density at radius 3 is 2.00 bits per heavy atom. The van der Waals surface area contributed by atoms with Crippen LogP contribution < -0.4 is 0 Å². The molecule has 3 heteroatoms. The second-order valence-electron chi connectivity index (χ2n) is 1.99. The Morgan fingerprint density at radius 1 is 1.62 bits per heavy atom. The van der Waals surface area contributed by atoms with Crippen molar-refractivity contribution in [1.29, 1.82) is 0 Å². The summed E-state index contributed by atoms with van der Waals surface area (Å²) in [6.07, 6.45) is 0. The number of hydrogen-bond donors (Lipinski definition) is 0. The van der Waals surface area contributed by atoms with E-state index in [0.29, 0.717) is 0 Å². The first-order chi connectivity index (χ1) is 3.50. The molecular formula is C5H9FO2. The van der Waals surface area contributed by atoms with E-state index in [9.17, 15) is 9.18 Å². The van der Waals surface area contributed by atoms with Crippen LogP contribution in [0, 0.1) is 0 Å². The van der Waals surface area contributed by atoms with Gasteiger partial charge in [0.15, 0.2) is 5.60 Å². The Hall–Kier alpha value is -0.440. The minimum Gasteiger partial charge on any atom is -0.368 e. The van der Waals surface area contributed by atoms with E-state index >= 15 is 0 Å². The van der Waals surface area contributed by atoms with Crippen LogP contribution in [0.25, 0.3) is 0 Å². The molecule has 0 spiro atoms. The van der Waals surface area contributed by atoms with Crippen molar-refractivity contribution in [3.05, 3.63) is 0 Å². The average Bonchev–Trinajstić information content (AvgIpc) is 1.67. The summed E-state index contributed by atoms with van der Waals surface area (Å²) < 4.78 is 16.2. The van der Waals surface area contributed by atoms with Gasteiger partial charge in [0.05, 0.1) is 0 Å². The molecule has 0 aliphatic heterocycles. The molecule has 0 saturated heterocycles. The van der Waals surface area contributed by atoms with E-state index in [2.05, 4.69) is 4.74 Å². The van der Waals surface area contributed by atoms with Crippen molar-refractivity contribution in [2.24, 2.45) is 0 Å². The van der Waals surface area contributed by atoms with Gasteiger partial charge >= 0.3 is 6.04 Å². The third kappa shape index (κ3) is 1.58. The quantitative estimate of drug-likeness (QED) is 0.506. The second kappa shape index (κ2) is 2.22. The molecule has 0 aliphatic rings. The Kier molecular flexibility index (Phi) is 2.10. The summed E-state index contributed by atoms with van der Waals surface area (Å²) in [6.45, 7) is 2.74. The van der Waals surface area contributed by atoms with Crippen molar-refractivity contribution >= 4 is 6.04 Å². The summed E-state index contributed by atoms with van der Waals surface area (Å²) in [5.74, 6) is 0. The van der Waals surface area contributed by atoms with Crippen LogP contribution >= 0.6 is 0 Å². The zero-order chi connectivity index (χ0) is 6.78. The first-order valence-electron chi connectivity index (χ1n) is 2.26. The molecule has 0 atom stereocenters. The summed E-state index contributed by atoms with van der Waals surface area (Å²) in [6, 6.07) is -1.44. The van der Waals surface area contributed by atoms with Gasteiger partial charge in [-0.1, -0.05) is 0 Å². The Morgan fingerprint density at radius 2 is 2.00 bits per heavy atom. The number of rotatable bonds is 2. The van der Waals surface area contributed by atoms with E-state index in [-0.39, 0.29) is 0 Å². The smallest absolute Gasteiger partial charge is 0.332 e. The van der Waals surface area contributed by atoms with Crippen LogP contribution in [-0.2, 0) is 9.53 Å². The van der Waals surface area contributed by atoms with Crippen LogP contribution in [0.1, 0.15) is 13.8 Å². The first-order valence-corrected chi connectivity index (χ1v) is 2.26. The molecular weight excluding hydrogens is 111 g/mol. The molecule has 0 bridgehead atoms. The van der Waals surface area contributed by atoms with Crippen molar-refractivity contribution in [1.82, 2.24) is 0 Å². The zero-order valence-corrected chi connectivity index (χ0v) is 5.19. The summed E-state index contributed by atoms with van der Waals surface area (Å²) in [5, 5.41) is 0. The van der Waals surface area contributed by atoms with Crippen LogP contribution in [0.4, 0.5) is 4.39 Å². The molecule has 0 heterocycles. The number of hydrogen-bond acceptors (Lipinski definition) is 2. The molecule has 0 amide bonds. The lowest BCUT2D eigenvalue weighted by molar-refractivity contribution is -0.148. The summed E-state index contributed by atoms with van der Waals surface area (Å²) in [5.41, 5.74) is -1.26. The van der Waals surface area contributed by atoms with E-state index in [1.54, 1.807) is 0 Å². The number of methoxy groups -OCH3 is 1. The molecule has 0 unspecified atom stereocenters. The third-order valence-electron chi connectivity index (χ3n) is 0.984. The average molecular weight is 120 g/mol. The van der Waals surface area contributed by atoms with Crippen molar-refractivity contribution in [2.45, 2.75) is 19.4 Å². The molecule has 0 aliphatic carbocycles. The fourth-order valence-corrected chi connectivity index (χ4v) is 0.0802. The summed E-state index contributed by atoms with van der Waals surface area (Å²) >= 11 is 0. The van der Waals surface area contributed by atoms with Crippen LogP contribution in [0.15, 0.2) is 0 Å². The molecule has 0 saturated carbocycles. The van der Waals surface area contributed by atoms with Gasteiger partial charge in [-0.15, -0.1) is 0 Å². The van der Waals surface area contributed by atoms with Gasteiger partial charge in [-0.2, -0.15) is 4.39 Å². The molecule has 0 rings (SSSR count). The van der Waals surface area contributed by atoms with E-state index in [0.717, 1.165) is 0 Å². The number of carbonyl (C=O) groups excluding carboxylic acids is 1. The minimum atomic E-state index is -1.44. The molecule has 8 heavy (non-hydrogen) atoms. The maximum atomic E-state index is 11.7. The van der Waals surface area contributed by atoms with Gasteiger partial charge in [-0.3, -0.25) is 4.79 Å². The summed E-state index contributed by atoms with van der Waals surface area (Å²) in [7, 11) is 1.29. The molecule has 0 aromatic carbocycles. The van der Waals surface area contributed by atoms with E-state index < -0.39 is 11.6 Å². The van der Waals surface area contributed by atoms with Gasteiger partial charge in [0.25, 0.3) is 0 Å². The monoisotopic (exact) mass is 120 g/mol. The van der Waals surface area contributed by atoms with Gasteiger partial charge in [-0.05, 0) is 13.8 Å². The van der Waals surface area contributed by atoms with Crippen molar-refractivity contribution < 1.29 is 13.9 Å². The highest BCUT2D eigenvalue weighted by molar-refractivity contribution is 5.77. The number of carbonyl (C=O) groups is 1. The molecule has 48 valence electrons. The standard InChI is InChI=1S/C5H9FO2/c1-5(2,8-3)4(6)7/h1-3H3. The number of ether oxygens (including phenoxy) is 1. The largest absolute Gasteiger partial charge is 0.368 e. The van der Waals surface area contributed by atoms with Gasteiger partial charge in [-0.25, -0.2) is 0 Å². The second-order valence-corrected chi connectivity index (χ2v) is 1.99. The van der Waals surface area contributed by atoms with Crippen molar-refractivity contribution in [3.63, 3.8) is 0 Å². The topological polar surface area (TPSA) is 26.3 Å². The van der Waals surface area contributed by atoms with Crippen LogP contribution in [0.5, 0.6) is 0 Å². The van der Waals surface area contributed by atoms with Gasteiger partial charge in [0.2, 0.25) is 0 Å². The lowest BCUT2D eigenvalue weighted by Crippen LogP contribution is -2.30. The molecule has 0 radical (unpaired) electrons. The molecule has 0 aromatic heterocycles. The highest BCUT2D eigenvalue weighted by Crippen LogP contribution is 2.08. The molecule has 2 nitrogen and oxygen atoms in total. The first kappa shape index (κ1) is 7.56. The Labute approximate surface area is 47.6 Å². The van der Waals surface area contributed by atoms with Crippen molar-refractivity contribution in [3.8, 4) is 0 Å². The van der Waals surface area contributed by atoms with E-state index in [1.165, 1.54) is 21.0 Å². The molecule has 0 aromatic rings. The maximum Gasteiger partial charge on any atom is 0.332 e. The highest BCUT2D eigenvalue weighted by Gasteiger charge is 2.26. The predicted molar refractivity (Wildman–Crippen MR) is 27.2 cm³/mol. The zero-order valence-electron chi connectivity index (χ0n) is 5.19. The van der Waals surface area contributed by atoms with Crippen LogP contribution in [0.2, 0.25) is 0 Å². The van der Waals surface area contributed by atoms with Gasteiger partial charge < -0.3 is 4.74 Å². The van der Waals surface area contributed by atoms with Crippen molar-refractivity contribution in [2.75, 3.05) is 7.11 Å². The maximum absolute atomic E-state index is 11.7. The number of halogens is 1. The Bertz CT molecular complexity index is 98.6. The predicted octanol–water partition coefficient (Wildman–Crippen LogP) is 0.908. The molecule has 0 N–H and O–H groups in total. The minimum absolute atomic E-state index is 1.26. The normalized spacial score (nSPS) is 11.5. The molecule has 0 fully saturated rings. The lowest BCUT2D eigenvalue weighted by atomic mass is 10.1. The van der Waals surface area contributed by atoms with Crippen LogP contribution in [0.3, 0.4) is 0 Å². The van der Waals surface area contributed by atoms with Crippen LogP contribution in [-0.4, -0.2) is 18.7 Å². The SMILES string of the molecule is COC(C)(C)C(=O)F. The fraction of sp³-hybridized carbons (Fsp3) is 0.800. The highest BCUT2D eigenvalue weighted by atomic mass is 19.1. The summed E-state index contributed by atoms with van der Waals surface area (Å²) in [4.78, 5) is 9.90. The van der Waals surface area contributed by atoms with E-state index in [4.69, 9.17) is 0 Å².